The van der Waals surface area contributed by atoms with Crippen LogP contribution in [-0.4, -0.2) is 5.91 Å². The van der Waals surface area contributed by atoms with E-state index in [1.54, 1.807) is 30.3 Å². The van der Waals surface area contributed by atoms with Crippen LogP contribution in [0.3, 0.4) is 0 Å². The third kappa shape index (κ3) is 2.55. The van der Waals surface area contributed by atoms with Crippen LogP contribution < -0.4 is 10.9 Å². The number of carbonyl (C=O) groups excluding carboxylic acids is 1. The standard InChI is InChI=1S/C16H10F3N2O/c17-16(18,19)12-8-4-7-11(9-12)14-13(15(22)21-20-14)10-5-2-1-3-6-10/h1-9,20H. The Balaban J connectivity index is 2.13. The second kappa shape index (κ2) is 5.22. The zero-order valence-corrected chi connectivity index (χ0v) is 11.2. The van der Waals surface area contributed by atoms with Crippen LogP contribution in [0.15, 0.2) is 54.6 Å². The summed E-state index contributed by atoms with van der Waals surface area (Å²) in [4.78, 5) is 11.9. The summed E-state index contributed by atoms with van der Waals surface area (Å²) < 4.78 is 38.5. The van der Waals surface area contributed by atoms with Crippen molar-refractivity contribution in [1.29, 1.82) is 0 Å². The van der Waals surface area contributed by atoms with Crippen molar-refractivity contribution in [2.24, 2.45) is 0 Å². The molecule has 6 heteroatoms. The maximum absolute atomic E-state index is 12.8. The molecule has 22 heavy (non-hydrogen) atoms. The second-order valence-electron chi connectivity index (χ2n) is 4.72. The molecule has 0 saturated carbocycles. The summed E-state index contributed by atoms with van der Waals surface area (Å²) in [5.41, 5.74) is 6.78. The summed E-state index contributed by atoms with van der Waals surface area (Å²) in [6, 6.07) is 13.5. The van der Waals surface area contributed by atoms with Crippen LogP contribution in [-0.2, 0) is 11.0 Å². The molecule has 0 aliphatic carbocycles. The van der Waals surface area contributed by atoms with Crippen molar-refractivity contribution < 1.29 is 18.0 Å². The fourth-order valence-corrected chi connectivity index (χ4v) is 2.26. The number of amides is 1. The van der Waals surface area contributed by atoms with Gasteiger partial charge in [-0.25, -0.2) is 0 Å². The fraction of sp³-hybridized carbons (Fsp3) is 0.0625. The van der Waals surface area contributed by atoms with Crippen LogP contribution in [0, 0.1) is 0 Å². The highest BCUT2D eigenvalue weighted by Gasteiger charge is 2.32. The van der Waals surface area contributed by atoms with Crippen LogP contribution in [0.1, 0.15) is 16.7 Å². The number of alkyl halides is 3. The monoisotopic (exact) mass is 303 g/mol. The first kappa shape index (κ1) is 14.2. The Morgan fingerprint density at radius 2 is 1.59 bits per heavy atom. The van der Waals surface area contributed by atoms with Crippen LogP contribution in [0.4, 0.5) is 13.2 Å². The molecule has 1 amide bonds. The molecule has 0 saturated heterocycles. The SMILES string of the molecule is O=C1[N]NC(c2cccc(C(F)(F)F)c2)=C1c1ccccc1. The van der Waals surface area contributed by atoms with Gasteiger partial charge in [0.25, 0.3) is 5.91 Å². The summed E-state index contributed by atoms with van der Waals surface area (Å²) in [6.07, 6.45) is -4.44. The number of rotatable bonds is 2. The third-order valence-corrected chi connectivity index (χ3v) is 3.27. The molecule has 1 aliphatic rings. The van der Waals surface area contributed by atoms with Crippen molar-refractivity contribution in [2.75, 3.05) is 0 Å². The molecule has 3 nitrogen and oxygen atoms in total. The lowest BCUT2D eigenvalue weighted by molar-refractivity contribution is -0.137. The number of nitrogens with zero attached hydrogens (tertiary/aromatic N) is 1. The van der Waals surface area contributed by atoms with E-state index in [1.807, 2.05) is 0 Å². The van der Waals surface area contributed by atoms with Crippen LogP contribution in [0.2, 0.25) is 0 Å². The molecule has 111 valence electrons. The van der Waals surface area contributed by atoms with E-state index >= 15 is 0 Å². The zero-order chi connectivity index (χ0) is 15.7. The van der Waals surface area contributed by atoms with Crippen molar-refractivity contribution in [2.45, 2.75) is 6.18 Å². The molecular weight excluding hydrogens is 293 g/mol. The number of halogens is 3. The van der Waals surface area contributed by atoms with Gasteiger partial charge in [0, 0.05) is 5.56 Å². The van der Waals surface area contributed by atoms with E-state index in [-0.39, 0.29) is 16.8 Å². The summed E-state index contributed by atoms with van der Waals surface area (Å²) in [5, 5.41) is 0. The summed E-state index contributed by atoms with van der Waals surface area (Å²) in [6.45, 7) is 0. The van der Waals surface area contributed by atoms with Gasteiger partial charge in [-0.05, 0) is 17.7 Å². The highest BCUT2D eigenvalue weighted by molar-refractivity contribution is 6.29. The lowest BCUT2D eigenvalue weighted by Crippen LogP contribution is -2.19. The van der Waals surface area contributed by atoms with Gasteiger partial charge < -0.3 is 0 Å². The molecular formula is C16H10F3N2O. The van der Waals surface area contributed by atoms with Crippen molar-refractivity contribution in [1.82, 2.24) is 10.9 Å². The highest BCUT2D eigenvalue weighted by Crippen LogP contribution is 2.33. The molecule has 1 N–H and O–H groups in total. The maximum Gasteiger partial charge on any atom is 0.416 e. The predicted molar refractivity (Wildman–Crippen MR) is 75.0 cm³/mol. The quantitative estimate of drug-likeness (QED) is 0.925. The van der Waals surface area contributed by atoms with Gasteiger partial charge in [-0.1, -0.05) is 42.5 Å². The van der Waals surface area contributed by atoms with Crippen molar-refractivity contribution in [3.63, 3.8) is 0 Å². The van der Waals surface area contributed by atoms with Gasteiger partial charge in [-0.2, -0.15) is 13.2 Å². The molecule has 2 aromatic rings. The molecule has 1 heterocycles. The van der Waals surface area contributed by atoms with E-state index < -0.39 is 17.6 Å². The topological polar surface area (TPSA) is 43.2 Å². The van der Waals surface area contributed by atoms with Crippen LogP contribution >= 0.6 is 0 Å². The molecule has 0 atom stereocenters. The smallest absolute Gasteiger partial charge is 0.273 e. The van der Waals surface area contributed by atoms with Gasteiger partial charge in [-0.3, -0.25) is 10.2 Å². The van der Waals surface area contributed by atoms with Gasteiger partial charge in [0.15, 0.2) is 0 Å². The molecule has 3 rings (SSSR count). The summed E-state index contributed by atoms with van der Waals surface area (Å²) >= 11 is 0. The number of hydrogen-bond donors (Lipinski definition) is 1. The zero-order valence-electron chi connectivity index (χ0n) is 11.2. The molecule has 0 unspecified atom stereocenters. The molecule has 0 bridgehead atoms. The normalized spacial score (nSPS) is 14.8. The average molecular weight is 303 g/mol. The van der Waals surface area contributed by atoms with E-state index in [0.29, 0.717) is 5.56 Å². The first-order valence-electron chi connectivity index (χ1n) is 6.45. The Morgan fingerprint density at radius 1 is 0.909 bits per heavy atom. The fourth-order valence-electron chi connectivity index (χ4n) is 2.26. The van der Waals surface area contributed by atoms with Crippen LogP contribution in [0.5, 0.6) is 0 Å². The number of nitrogens with one attached hydrogen (secondary N) is 1. The summed E-state index contributed by atoms with van der Waals surface area (Å²) in [5.74, 6) is -0.501. The largest absolute Gasteiger partial charge is 0.416 e. The first-order valence-corrected chi connectivity index (χ1v) is 6.45. The van der Waals surface area contributed by atoms with Crippen LogP contribution in [0.25, 0.3) is 11.3 Å². The summed E-state index contributed by atoms with van der Waals surface area (Å²) in [7, 11) is 0. The van der Waals surface area contributed by atoms with Gasteiger partial charge in [0.2, 0.25) is 0 Å². The van der Waals surface area contributed by atoms with E-state index in [1.165, 1.54) is 12.1 Å². The molecule has 0 spiro atoms. The molecule has 2 aromatic carbocycles. The van der Waals surface area contributed by atoms with Gasteiger partial charge in [-0.15, -0.1) is 5.43 Å². The van der Waals surface area contributed by atoms with Gasteiger partial charge in [0.1, 0.15) is 0 Å². The third-order valence-electron chi connectivity index (χ3n) is 3.27. The molecule has 1 radical (unpaired) electrons. The van der Waals surface area contributed by atoms with Gasteiger partial charge in [0.05, 0.1) is 16.8 Å². The minimum absolute atomic E-state index is 0.264. The Labute approximate surface area is 124 Å². The molecule has 0 aromatic heterocycles. The van der Waals surface area contributed by atoms with E-state index in [9.17, 15) is 18.0 Å². The van der Waals surface area contributed by atoms with Gasteiger partial charge >= 0.3 is 6.18 Å². The minimum Gasteiger partial charge on any atom is -0.273 e. The first-order chi connectivity index (χ1) is 10.5. The highest BCUT2D eigenvalue weighted by atomic mass is 19.4. The Kier molecular flexibility index (Phi) is 3.36. The Hall–Kier alpha value is -2.76. The van der Waals surface area contributed by atoms with E-state index in [2.05, 4.69) is 10.9 Å². The second-order valence-corrected chi connectivity index (χ2v) is 4.72. The lowest BCUT2D eigenvalue weighted by Gasteiger charge is -2.10. The minimum atomic E-state index is -4.44. The number of hydrogen-bond acceptors (Lipinski definition) is 2. The lowest BCUT2D eigenvalue weighted by atomic mass is 9.99. The Morgan fingerprint density at radius 3 is 2.27 bits per heavy atom. The maximum atomic E-state index is 12.8. The van der Waals surface area contributed by atoms with E-state index in [4.69, 9.17) is 0 Å². The Bertz CT molecular complexity index is 751. The van der Waals surface area contributed by atoms with E-state index in [0.717, 1.165) is 12.1 Å². The number of benzene rings is 2. The predicted octanol–water partition coefficient (Wildman–Crippen LogP) is 3.22. The molecule has 1 aliphatic heterocycles. The average Bonchev–Trinajstić information content (AvgIpc) is 2.89. The van der Waals surface area contributed by atoms with Crippen molar-refractivity contribution in [3.8, 4) is 0 Å². The molecule has 0 fully saturated rings. The van der Waals surface area contributed by atoms with Crippen molar-refractivity contribution >= 4 is 17.2 Å². The van der Waals surface area contributed by atoms with Crippen molar-refractivity contribution in [3.05, 3.63) is 71.3 Å². The number of carbonyl (C=O) groups is 1.